The summed E-state index contributed by atoms with van der Waals surface area (Å²) in [6.07, 6.45) is 4.67. The predicted octanol–water partition coefficient (Wildman–Crippen LogP) is 6.00. The number of nitrogens with one attached hydrogen (secondary N) is 2. The van der Waals surface area contributed by atoms with Gasteiger partial charge in [-0.15, -0.1) is 0 Å². The van der Waals surface area contributed by atoms with Gasteiger partial charge in [-0.25, -0.2) is 9.97 Å². The Morgan fingerprint density at radius 2 is 1.79 bits per heavy atom. The summed E-state index contributed by atoms with van der Waals surface area (Å²) in [6, 6.07) is 26.1. The Kier molecular flexibility index (Phi) is 5.85. The minimum Gasteiger partial charge on any atom is -0.345 e. The molecule has 4 aromatic rings. The van der Waals surface area contributed by atoms with Crippen molar-refractivity contribution in [3.05, 3.63) is 107 Å². The second-order valence-corrected chi connectivity index (χ2v) is 8.48. The molecule has 1 atom stereocenters. The molecular formula is C28H26N4O. The van der Waals surface area contributed by atoms with Crippen LogP contribution in [0, 0.1) is 6.92 Å². The normalized spacial score (nSPS) is 14.9. The Morgan fingerprint density at radius 1 is 0.939 bits per heavy atom. The predicted molar refractivity (Wildman–Crippen MR) is 132 cm³/mol. The number of hydrogen-bond donors (Lipinski definition) is 2. The molecule has 0 fully saturated rings. The first-order valence-electron chi connectivity index (χ1n) is 11.3. The first-order chi connectivity index (χ1) is 16.2. The molecule has 5 heteroatoms. The van der Waals surface area contributed by atoms with Crippen molar-refractivity contribution in [1.29, 1.82) is 0 Å². The summed E-state index contributed by atoms with van der Waals surface area (Å²) in [5, 5.41) is 6.53. The Balaban J connectivity index is 1.31. The van der Waals surface area contributed by atoms with E-state index in [9.17, 15) is 4.79 Å². The number of hydrogen-bond acceptors (Lipinski definition) is 4. The van der Waals surface area contributed by atoms with E-state index in [4.69, 9.17) is 0 Å². The molecule has 0 saturated carbocycles. The molecule has 33 heavy (non-hydrogen) atoms. The SMILES string of the molecule is Cc1ccc(-c2cc(Nc3cccc(C(=O)NC4CCCc5ccccc54)c3)ncn2)cc1. The van der Waals surface area contributed by atoms with Gasteiger partial charge >= 0.3 is 0 Å². The summed E-state index contributed by atoms with van der Waals surface area (Å²) in [5.41, 5.74) is 7.08. The third kappa shape index (κ3) is 4.77. The van der Waals surface area contributed by atoms with Gasteiger partial charge in [-0.1, -0.05) is 60.2 Å². The Hall–Kier alpha value is -3.99. The van der Waals surface area contributed by atoms with E-state index in [1.807, 2.05) is 36.4 Å². The summed E-state index contributed by atoms with van der Waals surface area (Å²) in [6.45, 7) is 2.06. The summed E-state index contributed by atoms with van der Waals surface area (Å²) in [5.74, 6) is 0.614. The molecule has 1 amide bonds. The van der Waals surface area contributed by atoms with Crippen LogP contribution in [-0.4, -0.2) is 15.9 Å². The number of aromatic nitrogens is 2. The van der Waals surface area contributed by atoms with Gasteiger partial charge in [-0.3, -0.25) is 4.79 Å². The molecule has 5 rings (SSSR count). The van der Waals surface area contributed by atoms with E-state index in [-0.39, 0.29) is 11.9 Å². The molecule has 164 valence electrons. The third-order valence-electron chi connectivity index (χ3n) is 6.09. The van der Waals surface area contributed by atoms with Gasteiger partial charge in [-0.2, -0.15) is 0 Å². The average Bonchev–Trinajstić information content (AvgIpc) is 2.85. The molecule has 5 nitrogen and oxygen atoms in total. The average molecular weight is 435 g/mol. The highest BCUT2D eigenvalue weighted by Gasteiger charge is 2.22. The number of nitrogens with zero attached hydrogens (tertiary/aromatic N) is 2. The van der Waals surface area contributed by atoms with Crippen LogP contribution in [0.1, 0.15) is 45.9 Å². The third-order valence-corrected chi connectivity index (χ3v) is 6.09. The van der Waals surface area contributed by atoms with E-state index < -0.39 is 0 Å². The van der Waals surface area contributed by atoms with Gasteiger partial charge in [0.25, 0.3) is 5.91 Å². The van der Waals surface area contributed by atoms with E-state index >= 15 is 0 Å². The smallest absolute Gasteiger partial charge is 0.251 e. The van der Waals surface area contributed by atoms with Gasteiger partial charge in [0.05, 0.1) is 11.7 Å². The quantitative estimate of drug-likeness (QED) is 0.404. The van der Waals surface area contributed by atoms with Crippen molar-refractivity contribution < 1.29 is 4.79 Å². The van der Waals surface area contributed by atoms with Crippen molar-refractivity contribution >= 4 is 17.4 Å². The number of rotatable bonds is 5. The van der Waals surface area contributed by atoms with Crippen molar-refractivity contribution in [2.75, 3.05) is 5.32 Å². The zero-order valence-corrected chi connectivity index (χ0v) is 18.6. The lowest BCUT2D eigenvalue weighted by atomic mass is 9.87. The fraction of sp³-hybridized carbons (Fsp3) is 0.179. The van der Waals surface area contributed by atoms with Gasteiger partial charge in [0.1, 0.15) is 12.1 Å². The van der Waals surface area contributed by atoms with E-state index in [0.29, 0.717) is 11.4 Å². The molecule has 1 aliphatic carbocycles. The highest BCUT2D eigenvalue weighted by molar-refractivity contribution is 5.95. The standard InChI is InChI=1S/C28H26N4O/c1-19-12-14-21(15-13-19)26-17-27(30-18-29-26)31-23-9-4-8-22(16-23)28(33)32-25-11-5-7-20-6-2-3-10-24(20)25/h2-4,6,8-10,12-18,25H,5,7,11H2,1H3,(H,32,33)(H,29,30,31). The van der Waals surface area contributed by atoms with E-state index in [0.717, 1.165) is 36.2 Å². The maximum absolute atomic E-state index is 13.0. The van der Waals surface area contributed by atoms with E-state index in [1.165, 1.54) is 16.7 Å². The molecule has 0 spiro atoms. The van der Waals surface area contributed by atoms with Gasteiger partial charge < -0.3 is 10.6 Å². The summed E-state index contributed by atoms with van der Waals surface area (Å²) in [4.78, 5) is 21.8. The first-order valence-corrected chi connectivity index (χ1v) is 11.3. The molecule has 3 aromatic carbocycles. The molecule has 2 N–H and O–H groups in total. The van der Waals surface area contributed by atoms with Crippen molar-refractivity contribution in [1.82, 2.24) is 15.3 Å². The van der Waals surface area contributed by atoms with Crippen molar-refractivity contribution in [3.63, 3.8) is 0 Å². The first kappa shape index (κ1) is 20.9. The van der Waals surface area contributed by atoms with Gasteiger partial charge in [0, 0.05) is 22.9 Å². The number of benzene rings is 3. The second-order valence-electron chi connectivity index (χ2n) is 8.48. The number of aryl methyl sites for hydroxylation is 2. The molecule has 1 heterocycles. The molecule has 1 unspecified atom stereocenters. The molecular weight excluding hydrogens is 408 g/mol. The van der Waals surface area contributed by atoms with Crippen molar-refractivity contribution in [2.45, 2.75) is 32.2 Å². The van der Waals surface area contributed by atoms with Crippen LogP contribution in [0.4, 0.5) is 11.5 Å². The fourth-order valence-corrected chi connectivity index (χ4v) is 4.34. The van der Waals surface area contributed by atoms with Gasteiger partial charge in [0.15, 0.2) is 0 Å². The maximum Gasteiger partial charge on any atom is 0.251 e. The topological polar surface area (TPSA) is 66.9 Å². The highest BCUT2D eigenvalue weighted by atomic mass is 16.1. The van der Waals surface area contributed by atoms with Crippen LogP contribution >= 0.6 is 0 Å². The molecule has 1 aliphatic rings. The number of amides is 1. The monoisotopic (exact) mass is 434 g/mol. The summed E-state index contributed by atoms with van der Waals surface area (Å²) >= 11 is 0. The number of anilines is 2. The lowest BCUT2D eigenvalue weighted by Gasteiger charge is -2.26. The molecule has 0 aliphatic heterocycles. The molecule has 0 radical (unpaired) electrons. The zero-order valence-electron chi connectivity index (χ0n) is 18.6. The summed E-state index contributed by atoms with van der Waals surface area (Å²) < 4.78 is 0. The maximum atomic E-state index is 13.0. The second kappa shape index (κ2) is 9.25. The number of carbonyl (C=O) groups is 1. The highest BCUT2D eigenvalue weighted by Crippen LogP contribution is 2.30. The summed E-state index contributed by atoms with van der Waals surface area (Å²) in [7, 11) is 0. The van der Waals surface area contributed by atoms with E-state index in [2.05, 4.69) is 70.0 Å². The van der Waals surface area contributed by atoms with Crippen LogP contribution in [0.3, 0.4) is 0 Å². The molecule has 0 saturated heterocycles. The minimum absolute atomic E-state index is 0.0537. The van der Waals surface area contributed by atoms with Gasteiger partial charge in [0.2, 0.25) is 0 Å². The number of fused-ring (bicyclic) bond motifs is 1. The van der Waals surface area contributed by atoms with Crippen LogP contribution in [0.2, 0.25) is 0 Å². The minimum atomic E-state index is -0.0663. The van der Waals surface area contributed by atoms with E-state index in [1.54, 1.807) is 6.33 Å². The van der Waals surface area contributed by atoms with Gasteiger partial charge in [-0.05, 0) is 55.5 Å². The lowest BCUT2D eigenvalue weighted by molar-refractivity contribution is 0.0933. The van der Waals surface area contributed by atoms with Crippen molar-refractivity contribution in [2.24, 2.45) is 0 Å². The lowest BCUT2D eigenvalue weighted by Crippen LogP contribution is -2.31. The molecule has 0 bridgehead atoms. The van der Waals surface area contributed by atoms with Crippen LogP contribution < -0.4 is 10.6 Å². The zero-order chi connectivity index (χ0) is 22.6. The Bertz CT molecular complexity index is 1280. The Labute approximate surface area is 193 Å². The Morgan fingerprint density at radius 3 is 2.67 bits per heavy atom. The van der Waals surface area contributed by atoms with Crippen molar-refractivity contribution in [3.8, 4) is 11.3 Å². The van der Waals surface area contributed by atoms with Crippen LogP contribution in [-0.2, 0) is 6.42 Å². The van der Waals surface area contributed by atoms with Crippen LogP contribution in [0.15, 0.2) is 85.2 Å². The van der Waals surface area contributed by atoms with Crippen LogP contribution in [0.25, 0.3) is 11.3 Å². The molecule has 1 aromatic heterocycles. The fourth-order valence-electron chi connectivity index (χ4n) is 4.34. The van der Waals surface area contributed by atoms with Crippen LogP contribution in [0.5, 0.6) is 0 Å². The number of carbonyl (C=O) groups excluding carboxylic acids is 1. The largest absolute Gasteiger partial charge is 0.345 e.